The third kappa shape index (κ3) is 5.77. The van der Waals surface area contributed by atoms with Crippen molar-refractivity contribution in [1.82, 2.24) is 0 Å². The Morgan fingerprint density at radius 2 is 2.17 bits per heavy atom. The molecule has 0 aliphatic carbocycles. The summed E-state index contributed by atoms with van der Waals surface area (Å²) in [5, 5.41) is 8.33. The number of hydrogen-bond donors (Lipinski definition) is 2. The highest BCUT2D eigenvalue weighted by molar-refractivity contribution is 8.69. The molecule has 0 amide bonds. The first kappa shape index (κ1) is 12.2. The van der Waals surface area contributed by atoms with Crippen molar-refractivity contribution in [3.8, 4) is 0 Å². The van der Waals surface area contributed by atoms with E-state index in [1.165, 1.54) is 12.8 Å². The van der Waals surface area contributed by atoms with Crippen molar-refractivity contribution in [3.05, 3.63) is 0 Å². The van der Waals surface area contributed by atoms with E-state index in [1.54, 1.807) is 0 Å². The molecule has 12 heavy (non-hydrogen) atoms. The predicted octanol–water partition coefficient (Wildman–Crippen LogP) is 2.99. The second-order valence-corrected chi connectivity index (χ2v) is 4.19. The van der Waals surface area contributed by atoms with Crippen LogP contribution in [-0.2, 0) is 4.79 Å². The molecule has 0 radical (unpaired) electrons. The summed E-state index contributed by atoms with van der Waals surface area (Å²) in [5.41, 5.74) is 0. The van der Waals surface area contributed by atoms with E-state index >= 15 is 0 Å². The van der Waals surface area contributed by atoms with Crippen molar-refractivity contribution in [2.75, 3.05) is 0 Å². The Morgan fingerprint density at radius 3 is 2.58 bits per heavy atom. The van der Waals surface area contributed by atoms with Gasteiger partial charge >= 0.3 is 5.97 Å². The first-order valence-electron chi connectivity index (χ1n) is 4.25. The molecule has 0 bridgehead atoms. The highest BCUT2D eigenvalue weighted by atomic mass is 33.1. The van der Waals surface area contributed by atoms with Crippen LogP contribution in [0.15, 0.2) is 0 Å². The van der Waals surface area contributed by atoms with Gasteiger partial charge in [-0.2, -0.15) is 0 Å². The van der Waals surface area contributed by atoms with Crippen LogP contribution in [0.25, 0.3) is 0 Å². The van der Waals surface area contributed by atoms with E-state index in [1.807, 2.05) is 0 Å². The minimum absolute atomic E-state index is 0.329. The topological polar surface area (TPSA) is 37.3 Å². The van der Waals surface area contributed by atoms with Crippen LogP contribution >= 0.6 is 22.5 Å². The van der Waals surface area contributed by atoms with Crippen LogP contribution in [0.1, 0.15) is 39.0 Å². The number of thiol groups is 1. The van der Waals surface area contributed by atoms with Crippen LogP contribution in [0.5, 0.6) is 0 Å². The van der Waals surface area contributed by atoms with Gasteiger partial charge in [-0.3, -0.25) is 4.79 Å². The van der Waals surface area contributed by atoms with Crippen LogP contribution in [0.2, 0.25) is 0 Å². The normalized spacial score (nSPS) is 12.8. The number of carboxylic acid groups (broad SMARTS) is 1. The lowest BCUT2D eigenvalue weighted by molar-refractivity contribution is -0.136. The summed E-state index contributed by atoms with van der Waals surface area (Å²) in [6.45, 7) is 2.14. The minimum Gasteiger partial charge on any atom is -0.480 e. The SMILES string of the molecule is CCCCCCC(SS)C(=O)O. The lowest BCUT2D eigenvalue weighted by Crippen LogP contribution is -2.14. The lowest BCUT2D eigenvalue weighted by Gasteiger charge is -2.06. The molecule has 1 unspecified atom stereocenters. The Labute approximate surface area is 82.9 Å². The van der Waals surface area contributed by atoms with Crippen molar-refractivity contribution in [1.29, 1.82) is 0 Å². The number of rotatable bonds is 7. The summed E-state index contributed by atoms with van der Waals surface area (Å²) in [5.74, 6) is -0.744. The zero-order valence-electron chi connectivity index (χ0n) is 7.32. The zero-order chi connectivity index (χ0) is 9.40. The van der Waals surface area contributed by atoms with Crippen molar-refractivity contribution >= 4 is 28.4 Å². The molecule has 0 aromatic rings. The maximum Gasteiger partial charge on any atom is 0.317 e. The highest BCUT2D eigenvalue weighted by Gasteiger charge is 2.15. The molecule has 0 rings (SSSR count). The molecule has 0 aromatic carbocycles. The van der Waals surface area contributed by atoms with Gasteiger partial charge in [-0.05, 0) is 6.42 Å². The summed E-state index contributed by atoms with van der Waals surface area (Å²) < 4.78 is 0. The number of carbonyl (C=O) groups is 1. The average molecular weight is 208 g/mol. The number of aliphatic carboxylic acids is 1. The maximum atomic E-state index is 10.5. The number of carboxylic acids is 1. The van der Waals surface area contributed by atoms with E-state index in [-0.39, 0.29) is 5.25 Å². The molecular formula is C8H16O2S2. The van der Waals surface area contributed by atoms with Crippen LogP contribution in [-0.4, -0.2) is 16.3 Å². The fraction of sp³-hybridized carbons (Fsp3) is 0.875. The molecule has 0 heterocycles. The standard InChI is InChI=1S/C8H16O2S2/c1-2-3-4-5-6-7(12-11)8(9)10/h7,11H,2-6H2,1H3,(H,9,10). The molecule has 0 aromatic heterocycles. The Bertz CT molecular complexity index is 128. The third-order valence-corrected chi connectivity index (χ3v) is 3.18. The Hall–Kier alpha value is 0.170. The van der Waals surface area contributed by atoms with E-state index < -0.39 is 5.97 Å². The van der Waals surface area contributed by atoms with Gasteiger partial charge in [0.15, 0.2) is 0 Å². The van der Waals surface area contributed by atoms with Gasteiger partial charge in [0, 0.05) is 0 Å². The molecule has 0 spiro atoms. The quantitative estimate of drug-likeness (QED) is 0.384. The van der Waals surface area contributed by atoms with Gasteiger partial charge in [0.25, 0.3) is 0 Å². The molecule has 0 saturated heterocycles. The average Bonchev–Trinajstić information content (AvgIpc) is 2.04. The van der Waals surface area contributed by atoms with Gasteiger partial charge in [0.05, 0.1) is 0 Å². The second-order valence-electron chi connectivity index (χ2n) is 2.78. The fourth-order valence-electron chi connectivity index (χ4n) is 0.978. The van der Waals surface area contributed by atoms with E-state index in [4.69, 9.17) is 5.11 Å². The first-order valence-corrected chi connectivity index (χ1v) is 6.18. The largest absolute Gasteiger partial charge is 0.480 e. The van der Waals surface area contributed by atoms with Gasteiger partial charge in [-0.15, -0.1) is 11.7 Å². The Kier molecular flexibility index (Phi) is 7.91. The van der Waals surface area contributed by atoms with E-state index in [0.29, 0.717) is 0 Å². The molecular weight excluding hydrogens is 192 g/mol. The third-order valence-electron chi connectivity index (χ3n) is 1.72. The summed E-state index contributed by atoms with van der Waals surface area (Å²) in [4.78, 5) is 10.5. The highest BCUT2D eigenvalue weighted by Crippen LogP contribution is 2.21. The molecule has 0 saturated carbocycles. The van der Waals surface area contributed by atoms with Gasteiger partial charge in [0.2, 0.25) is 0 Å². The molecule has 0 aliphatic heterocycles. The van der Waals surface area contributed by atoms with Gasteiger partial charge in [0.1, 0.15) is 5.25 Å². The van der Waals surface area contributed by atoms with Crippen LogP contribution in [0.4, 0.5) is 0 Å². The van der Waals surface area contributed by atoms with Gasteiger partial charge < -0.3 is 5.11 Å². The minimum atomic E-state index is -0.744. The Morgan fingerprint density at radius 1 is 1.50 bits per heavy atom. The summed E-state index contributed by atoms with van der Waals surface area (Å²) in [6, 6.07) is 0. The van der Waals surface area contributed by atoms with Crippen molar-refractivity contribution in [3.63, 3.8) is 0 Å². The number of hydrogen-bond acceptors (Lipinski definition) is 3. The van der Waals surface area contributed by atoms with E-state index in [0.717, 1.165) is 30.1 Å². The lowest BCUT2D eigenvalue weighted by atomic mass is 10.1. The van der Waals surface area contributed by atoms with Crippen molar-refractivity contribution in [2.45, 2.75) is 44.3 Å². The summed E-state index contributed by atoms with van der Waals surface area (Å²) in [6.07, 6.45) is 5.26. The molecule has 2 nitrogen and oxygen atoms in total. The molecule has 1 N–H and O–H groups in total. The monoisotopic (exact) mass is 208 g/mol. The van der Waals surface area contributed by atoms with E-state index in [9.17, 15) is 4.79 Å². The van der Waals surface area contributed by atoms with Crippen molar-refractivity contribution in [2.24, 2.45) is 0 Å². The predicted molar refractivity (Wildman–Crippen MR) is 56.8 cm³/mol. The zero-order valence-corrected chi connectivity index (χ0v) is 9.03. The smallest absolute Gasteiger partial charge is 0.317 e. The molecule has 0 fully saturated rings. The first-order chi connectivity index (χ1) is 5.72. The molecule has 0 aliphatic rings. The fourth-order valence-corrected chi connectivity index (χ4v) is 1.93. The van der Waals surface area contributed by atoms with Gasteiger partial charge in [-0.1, -0.05) is 43.4 Å². The van der Waals surface area contributed by atoms with E-state index in [2.05, 4.69) is 18.6 Å². The molecule has 1 atom stereocenters. The summed E-state index contributed by atoms with van der Waals surface area (Å²) >= 11 is 3.92. The van der Waals surface area contributed by atoms with Crippen LogP contribution in [0.3, 0.4) is 0 Å². The molecule has 4 heteroatoms. The summed E-state index contributed by atoms with van der Waals surface area (Å²) in [7, 11) is 1.13. The second kappa shape index (κ2) is 7.80. The number of unbranched alkanes of at least 4 members (excludes halogenated alkanes) is 3. The van der Waals surface area contributed by atoms with Gasteiger partial charge in [-0.25, -0.2) is 0 Å². The maximum absolute atomic E-state index is 10.5. The van der Waals surface area contributed by atoms with Crippen LogP contribution in [0, 0.1) is 0 Å². The molecule has 72 valence electrons. The van der Waals surface area contributed by atoms with Crippen LogP contribution < -0.4 is 0 Å². The van der Waals surface area contributed by atoms with Crippen molar-refractivity contribution < 1.29 is 9.90 Å². The Balaban J connectivity index is 3.38.